The van der Waals surface area contributed by atoms with Gasteiger partial charge in [0.25, 0.3) is 0 Å². The van der Waals surface area contributed by atoms with Crippen LogP contribution >= 0.6 is 0 Å². The molecule has 0 bridgehead atoms. The number of carbonyl (C=O) groups is 2. The smallest absolute Gasteiger partial charge is 0.197 e. The lowest BCUT2D eigenvalue weighted by atomic mass is 9.83. The zero-order valence-electron chi connectivity index (χ0n) is 14.5. The number of Topliss-reactive ketones (excluding diaryl/α,β-unsaturated/α-hetero) is 2. The van der Waals surface area contributed by atoms with Crippen molar-refractivity contribution in [2.24, 2.45) is 0 Å². The summed E-state index contributed by atoms with van der Waals surface area (Å²) in [5.41, 5.74) is 4.53. The van der Waals surface area contributed by atoms with Gasteiger partial charge in [0.05, 0.1) is 5.57 Å². The summed E-state index contributed by atoms with van der Waals surface area (Å²) >= 11 is 0. The lowest BCUT2D eigenvalue weighted by Gasteiger charge is -2.23. The van der Waals surface area contributed by atoms with E-state index in [1.165, 1.54) is 5.56 Å². The summed E-state index contributed by atoms with van der Waals surface area (Å²) < 4.78 is 0. The molecule has 0 radical (unpaired) electrons. The summed E-state index contributed by atoms with van der Waals surface area (Å²) in [6.07, 6.45) is 3.60. The first-order valence-electron chi connectivity index (χ1n) is 8.37. The Morgan fingerprint density at radius 2 is 1.40 bits per heavy atom. The minimum Gasteiger partial charge on any atom is -0.347 e. The van der Waals surface area contributed by atoms with Crippen LogP contribution in [0.25, 0.3) is 0 Å². The third kappa shape index (κ3) is 2.12. The van der Waals surface area contributed by atoms with Crippen molar-refractivity contribution in [1.82, 2.24) is 0 Å². The highest BCUT2D eigenvalue weighted by atomic mass is 16.2. The Kier molecular flexibility index (Phi) is 3.29. The van der Waals surface area contributed by atoms with Crippen LogP contribution in [0.5, 0.6) is 0 Å². The molecule has 0 fully saturated rings. The van der Waals surface area contributed by atoms with Crippen molar-refractivity contribution in [2.75, 3.05) is 11.9 Å². The fraction of sp³-hybridized carbons (Fsp3) is 0.182. The number of fused-ring (bicyclic) bond motifs is 2. The quantitative estimate of drug-likeness (QED) is 0.578. The van der Waals surface area contributed by atoms with E-state index >= 15 is 0 Å². The van der Waals surface area contributed by atoms with E-state index in [4.69, 9.17) is 0 Å². The van der Waals surface area contributed by atoms with Crippen LogP contribution in [0.1, 0.15) is 40.1 Å². The first-order valence-corrected chi connectivity index (χ1v) is 8.37. The molecule has 2 aromatic carbocycles. The summed E-state index contributed by atoms with van der Waals surface area (Å²) in [6, 6.07) is 15.3. The van der Waals surface area contributed by atoms with Gasteiger partial charge in [0.15, 0.2) is 11.6 Å². The molecule has 0 N–H and O–H groups in total. The van der Waals surface area contributed by atoms with E-state index in [1.54, 1.807) is 30.3 Å². The van der Waals surface area contributed by atoms with E-state index in [0.29, 0.717) is 11.1 Å². The van der Waals surface area contributed by atoms with E-state index in [2.05, 4.69) is 30.9 Å². The number of nitrogens with zero attached hydrogens (tertiary/aromatic N) is 1. The molecule has 3 nitrogen and oxygen atoms in total. The van der Waals surface area contributed by atoms with E-state index < -0.39 is 0 Å². The van der Waals surface area contributed by atoms with Gasteiger partial charge in [0.1, 0.15) is 0 Å². The lowest BCUT2D eigenvalue weighted by molar-refractivity contribution is 0.0989. The second kappa shape index (κ2) is 5.28. The highest BCUT2D eigenvalue weighted by molar-refractivity contribution is 6.39. The summed E-state index contributed by atoms with van der Waals surface area (Å²) in [7, 11) is 2.02. The molecule has 2 aliphatic rings. The SMILES string of the molecule is CN1/C(=C\C=C2C(=O)c3ccccc3C2=O)C(C)(C)c2ccccc21. The van der Waals surface area contributed by atoms with Crippen molar-refractivity contribution >= 4 is 17.3 Å². The van der Waals surface area contributed by atoms with Crippen LogP contribution in [0, 0.1) is 0 Å². The molecule has 0 aromatic heterocycles. The van der Waals surface area contributed by atoms with Gasteiger partial charge in [-0.3, -0.25) is 9.59 Å². The molecule has 0 saturated heterocycles. The van der Waals surface area contributed by atoms with Gasteiger partial charge in [-0.25, -0.2) is 0 Å². The van der Waals surface area contributed by atoms with Crippen molar-refractivity contribution < 1.29 is 9.59 Å². The van der Waals surface area contributed by atoms with Gasteiger partial charge in [0, 0.05) is 35.0 Å². The van der Waals surface area contributed by atoms with Gasteiger partial charge >= 0.3 is 0 Å². The van der Waals surface area contributed by atoms with Crippen LogP contribution < -0.4 is 4.90 Å². The number of para-hydroxylation sites is 1. The first kappa shape index (κ1) is 15.6. The molecule has 25 heavy (non-hydrogen) atoms. The molecule has 1 aliphatic heterocycles. The third-order valence-corrected chi connectivity index (χ3v) is 5.25. The second-order valence-corrected chi connectivity index (χ2v) is 7.04. The molecule has 2 aromatic rings. The minimum absolute atomic E-state index is 0.181. The van der Waals surface area contributed by atoms with Crippen molar-refractivity contribution in [2.45, 2.75) is 19.3 Å². The number of hydrogen-bond acceptors (Lipinski definition) is 3. The first-order chi connectivity index (χ1) is 11.9. The highest BCUT2D eigenvalue weighted by Gasteiger charge is 2.38. The maximum atomic E-state index is 12.5. The molecule has 1 aliphatic carbocycles. The molecule has 0 saturated carbocycles. The van der Waals surface area contributed by atoms with Crippen molar-refractivity contribution in [3.8, 4) is 0 Å². The standard InChI is InChI=1S/C22H19NO2/c1-22(2)17-10-6-7-11-18(17)23(3)19(22)13-12-16-20(24)14-8-4-5-9-15(14)21(16)25/h4-13H,1-3H3/b19-13-. The summed E-state index contributed by atoms with van der Waals surface area (Å²) in [6.45, 7) is 4.32. The molecule has 4 rings (SSSR count). The average molecular weight is 329 g/mol. The zero-order chi connectivity index (χ0) is 17.8. The predicted octanol–water partition coefficient (Wildman–Crippen LogP) is 4.30. The molecule has 0 amide bonds. The monoisotopic (exact) mass is 329 g/mol. The summed E-state index contributed by atoms with van der Waals surface area (Å²) in [5.74, 6) is -0.373. The van der Waals surface area contributed by atoms with Crippen LogP contribution in [0.15, 0.2) is 72.0 Å². The minimum atomic E-state index is -0.187. The fourth-order valence-corrected chi connectivity index (χ4v) is 3.89. The van der Waals surface area contributed by atoms with Crippen molar-refractivity contribution in [3.05, 3.63) is 88.6 Å². The highest BCUT2D eigenvalue weighted by Crippen LogP contribution is 2.46. The Labute approximate surface area is 147 Å². The van der Waals surface area contributed by atoms with E-state index in [1.807, 2.05) is 25.3 Å². The number of allylic oxidation sites excluding steroid dienone is 4. The summed E-state index contributed by atoms with van der Waals surface area (Å²) in [4.78, 5) is 27.2. The Balaban J connectivity index is 1.78. The average Bonchev–Trinajstić information content (AvgIpc) is 2.97. The van der Waals surface area contributed by atoms with Crippen LogP contribution in [-0.2, 0) is 5.41 Å². The molecule has 0 unspecified atom stereocenters. The molecule has 0 spiro atoms. The van der Waals surface area contributed by atoms with Gasteiger partial charge in [-0.1, -0.05) is 56.3 Å². The lowest BCUT2D eigenvalue weighted by Crippen LogP contribution is -2.22. The van der Waals surface area contributed by atoms with Crippen molar-refractivity contribution in [3.63, 3.8) is 0 Å². The van der Waals surface area contributed by atoms with Gasteiger partial charge in [-0.2, -0.15) is 0 Å². The number of benzene rings is 2. The van der Waals surface area contributed by atoms with E-state index in [9.17, 15) is 9.59 Å². The van der Waals surface area contributed by atoms with Crippen molar-refractivity contribution in [1.29, 1.82) is 0 Å². The molecular weight excluding hydrogens is 310 g/mol. The Bertz CT molecular complexity index is 942. The number of rotatable bonds is 1. The summed E-state index contributed by atoms with van der Waals surface area (Å²) in [5, 5.41) is 0. The number of ketones is 2. The Morgan fingerprint density at radius 1 is 0.840 bits per heavy atom. The van der Waals surface area contributed by atoms with Crippen LogP contribution in [-0.4, -0.2) is 18.6 Å². The van der Waals surface area contributed by atoms with Crippen LogP contribution in [0.4, 0.5) is 5.69 Å². The van der Waals surface area contributed by atoms with Gasteiger partial charge in [-0.05, 0) is 23.8 Å². The number of hydrogen-bond donors (Lipinski definition) is 0. The molecule has 0 atom stereocenters. The van der Waals surface area contributed by atoms with Gasteiger partial charge in [-0.15, -0.1) is 0 Å². The maximum absolute atomic E-state index is 12.5. The van der Waals surface area contributed by atoms with Crippen LogP contribution in [0.3, 0.4) is 0 Å². The topological polar surface area (TPSA) is 37.4 Å². The third-order valence-electron chi connectivity index (χ3n) is 5.25. The van der Waals surface area contributed by atoms with E-state index in [0.717, 1.165) is 11.4 Å². The zero-order valence-corrected chi connectivity index (χ0v) is 14.5. The predicted molar refractivity (Wildman–Crippen MR) is 99.1 cm³/mol. The normalized spacial score (nSPS) is 19.4. The number of anilines is 1. The largest absolute Gasteiger partial charge is 0.347 e. The molecule has 1 heterocycles. The molecular formula is C22H19NO2. The Hall–Kier alpha value is -2.94. The molecule has 124 valence electrons. The van der Waals surface area contributed by atoms with Gasteiger partial charge < -0.3 is 4.90 Å². The second-order valence-electron chi connectivity index (χ2n) is 7.04. The number of likely N-dealkylation sites (N-methyl/N-ethyl adjacent to an activating group) is 1. The van der Waals surface area contributed by atoms with Crippen LogP contribution in [0.2, 0.25) is 0 Å². The maximum Gasteiger partial charge on any atom is 0.197 e. The van der Waals surface area contributed by atoms with Gasteiger partial charge in [0.2, 0.25) is 0 Å². The Morgan fingerprint density at radius 3 is 2.00 bits per heavy atom. The fourth-order valence-electron chi connectivity index (χ4n) is 3.89. The van der Waals surface area contributed by atoms with E-state index in [-0.39, 0.29) is 22.6 Å². The number of carbonyl (C=O) groups excluding carboxylic acids is 2. The molecule has 3 heteroatoms.